The Bertz CT molecular complexity index is 672. The Balaban J connectivity index is 2.48. The first-order valence-corrected chi connectivity index (χ1v) is 7.20. The molecule has 0 aliphatic rings. The molecule has 0 amide bonds. The van der Waals surface area contributed by atoms with Gasteiger partial charge in [-0.25, -0.2) is 9.37 Å². The third-order valence-electron chi connectivity index (χ3n) is 2.64. The van der Waals surface area contributed by atoms with Gasteiger partial charge in [-0.1, -0.05) is 29.4 Å². The fraction of sp³-hybridized carbons (Fsp3) is 0.231. The third kappa shape index (κ3) is 3.13. The SMILES string of the molecule is C=CCCn1c(SCC(=O)O)nc2cc(Cl)c(F)cc21. The highest BCUT2D eigenvalue weighted by atomic mass is 35.5. The predicted octanol–water partition coefficient (Wildman–Crippen LogP) is 3.58. The Kier molecular flexibility index (Phi) is 4.67. The first-order chi connectivity index (χ1) is 9.52. The second-order valence-corrected chi connectivity index (χ2v) is 5.41. The number of hydrogen-bond donors (Lipinski definition) is 1. The predicted molar refractivity (Wildman–Crippen MR) is 77.9 cm³/mol. The van der Waals surface area contributed by atoms with E-state index in [1.165, 1.54) is 12.1 Å². The van der Waals surface area contributed by atoms with Gasteiger partial charge in [-0.3, -0.25) is 4.79 Å². The second kappa shape index (κ2) is 6.28. The van der Waals surface area contributed by atoms with Crippen LogP contribution in [0.4, 0.5) is 4.39 Å². The van der Waals surface area contributed by atoms with Crippen molar-refractivity contribution in [2.45, 2.75) is 18.1 Å². The van der Waals surface area contributed by atoms with E-state index in [9.17, 15) is 9.18 Å². The zero-order valence-corrected chi connectivity index (χ0v) is 12.0. The molecule has 0 fully saturated rings. The van der Waals surface area contributed by atoms with Gasteiger partial charge in [-0.15, -0.1) is 6.58 Å². The van der Waals surface area contributed by atoms with Gasteiger partial charge >= 0.3 is 5.97 Å². The number of rotatable bonds is 6. The maximum absolute atomic E-state index is 13.6. The zero-order chi connectivity index (χ0) is 14.7. The van der Waals surface area contributed by atoms with Gasteiger partial charge in [0, 0.05) is 12.6 Å². The Hall–Kier alpha value is -1.53. The number of carboxylic acids is 1. The number of fused-ring (bicyclic) bond motifs is 1. The highest BCUT2D eigenvalue weighted by Gasteiger charge is 2.14. The van der Waals surface area contributed by atoms with Crippen LogP contribution in [-0.2, 0) is 11.3 Å². The average Bonchev–Trinajstić information content (AvgIpc) is 2.72. The van der Waals surface area contributed by atoms with Crippen molar-refractivity contribution in [3.8, 4) is 0 Å². The molecule has 0 saturated carbocycles. The number of imidazole rings is 1. The average molecular weight is 315 g/mol. The first kappa shape index (κ1) is 14.9. The lowest BCUT2D eigenvalue weighted by Crippen LogP contribution is -2.03. The van der Waals surface area contributed by atoms with Crippen LogP contribution in [0.3, 0.4) is 0 Å². The molecule has 1 N–H and O–H groups in total. The molecule has 1 aromatic heterocycles. The zero-order valence-electron chi connectivity index (χ0n) is 10.5. The summed E-state index contributed by atoms with van der Waals surface area (Å²) >= 11 is 6.84. The largest absolute Gasteiger partial charge is 0.481 e. The molecule has 20 heavy (non-hydrogen) atoms. The fourth-order valence-corrected chi connectivity index (χ4v) is 2.69. The van der Waals surface area contributed by atoms with Crippen molar-refractivity contribution in [2.24, 2.45) is 0 Å². The molecule has 2 aromatic rings. The summed E-state index contributed by atoms with van der Waals surface area (Å²) in [5.41, 5.74) is 1.15. The number of thioether (sulfide) groups is 1. The quantitative estimate of drug-likeness (QED) is 0.654. The van der Waals surface area contributed by atoms with E-state index in [4.69, 9.17) is 16.7 Å². The molecule has 1 aromatic carbocycles. The van der Waals surface area contributed by atoms with Gasteiger partial charge in [-0.05, 0) is 12.5 Å². The summed E-state index contributed by atoms with van der Waals surface area (Å²) in [6, 6.07) is 2.76. The number of aliphatic carboxylic acids is 1. The van der Waals surface area contributed by atoms with Crippen LogP contribution in [0.1, 0.15) is 6.42 Å². The number of halogens is 2. The summed E-state index contributed by atoms with van der Waals surface area (Å²) < 4.78 is 15.4. The van der Waals surface area contributed by atoms with E-state index in [1.54, 1.807) is 10.6 Å². The number of aryl methyl sites for hydroxylation is 1. The number of benzene rings is 1. The van der Waals surface area contributed by atoms with Gasteiger partial charge in [0.15, 0.2) is 5.16 Å². The van der Waals surface area contributed by atoms with E-state index in [-0.39, 0.29) is 10.8 Å². The Morgan fingerprint density at radius 2 is 2.35 bits per heavy atom. The second-order valence-electron chi connectivity index (χ2n) is 4.06. The minimum atomic E-state index is -0.929. The van der Waals surface area contributed by atoms with Gasteiger partial charge < -0.3 is 9.67 Å². The number of allylic oxidation sites excluding steroid dienone is 1. The van der Waals surface area contributed by atoms with E-state index >= 15 is 0 Å². The molecule has 0 aliphatic carbocycles. The molecule has 106 valence electrons. The molecule has 0 saturated heterocycles. The van der Waals surface area contributed by atoms with Crippen molar-refractivity contribution in [1.82, 2.24) is 9.55 Å². The topological polar surface area (TPSA) is 55.1 Å². The van der Waals surface area contributed by atoms with Crippen LogP contribution in [0, 0.1) is 5.82 Å². The monoisotopic (exact) mass is 314 g/mol. The normalized spacial score (nSPS) is 10.9. The molecular formula is C13H12ClFN2O2S. The number of carboxylic acid groups (broad SMARTS) is 1. The molecule has 0 radical (unpaired) electrons. The van der Waals surface area contributed by atoms with Crippen LogP contribution in [0.5, 0.6) is 0 Å². The number of nitrogens with zero attached hydrogens (tertiary/aromatic N) is 2. The van der Waals surface area contributed by atoms with Gasteiger partial charge in [0.2, 0.25) is 0 Å². The van der Waals surface area contributed by atoms with Crippen LogP contribution in [0.15, 0.2) is 29.9 Å². The van der Waals surface area contributed by atoms with Crippen LogP contribution < -0.4 is 0 Å². The van der Waals surface area contributed by atoms with Gasteiger partial charge in [0.25, 0.3) is 0 Å². The molecule has 7 heteroatoms. The molecule has 0 bridgehead atoms. The fourth-order valence-electron chi connectivity index (χ4n) is 1.77. The van der Waals surface area contributed by atoms with E-state index in [0.717, 1.165) is 11.8 Å². The molecule has 0 unspecified atom stereocenters. The van der Waals surface area contributed by atoms with Crippen molar-refractivity contribution in [3.63, 3.8) is 0 Å². The Labute approximate surface area is 124 Å². The van der Waals surface area contributed by atoms with Crippen molar-refractivity contribution in [2.75, 3.05) is 5.75 Å². The highest BCUT2D eigenvalue weighted by Crippen LogP contribution is 2.28. The van der Waals surface area contributed by atoms with Gasteiger partial charge in [0.05, 0.1) is 21.8 Å². The summed E-state index contributed by atoms with van der Waals surface area (Å²) in [5.74, 6) is -1.55. The maximum Gasteiger partial charge on any atom is 0.313 e. The number of aromatic nitrogens is 2. The summed E-state index contributed by atoms with van der Waals surface area (Å²) in [6.45, 7) is 4.20. The van der Waals surface area contributed by atoms with E-state index in [2.05, 4.69) is 11.6 Å². The summed E-state index contributed by atoms with van der Waals surface area (Å²) in [5, 5.41) is 9.28. The van der Waals surface area contributed by atoms with Crippen LogP contribution in [0.2, 0.25) is 5.02 Å². The third-order valence-corrected chi connectivity index (χ3v) is 3.89. The van der Waals surface area contributed by atoms with Gasteiger partial charge in [-0.2, -0.15) is 0 Å². The summed E-state index contributed by atoms with van der Waals surface area (Å²) in [7, 11) is 0. The molecule has 0 spiro atoms. The van der Waals surface area contributed by atoms with E-state index in [0.29, 0.717) is 29.2 Å². The molecular weight excluding hydrogens is 303 g/mol. The van der Waals surface area contributed by atoms with E-state index in [1.807, 2.05) is 0 Å². The highest BCUT2D eigenvalue weighted by molar-refractivity contribution is 7.99. The van der Waals surface area contributed by atoms with E-state index < -0.39 is 11.8 Å². The minimum absolute atomic E-state index is 0.000607. The van der Waals surface area contributed by atoms with Crippen LogP contribution >= 0.6 is 23.4 Å². The van der Waals surface area contributed by atoms with Crippen molar-refractivity contribution >= 4 is 40.4 Å². The summed E-state index contributed by atoms with van der Waals surface area (Å²) in [4.78, 5) is 15.0. The molecule has 1 heterocycles. The smallest absolute Gasteiger partial charge is 0.313 e. The lowest BCUT2D eigenvalue weighted by atomic mass is 10.3. The molecule has 0 atom stereocenters. The minimum Gasteiger partial charge on any atom is -0.481 e. The molecule has 2 rings (SSSR count). The van der Waals surface area contributed by atoms with Crippen molar-refractivity contribution in [3.05, 3.63) is 35.6 Å². The van der Waals surface area contributed by atoms with Crippen molar-refractivity contribution in [1.29, 1.82) is 0 Å². The van der Waals surface area contributed by atoms with Crippen LogP contribution in [-0.4, -0.2) is 26.4 Å². The van der Waals surface area contributed by atoms with Crippen LogP contribution in [0.25, 0.3) is 11.0 Å². The maximum atomic E-state index is 13.6. The Morgan fingerprint density at radius 1 is 1.60 bits per heavy atom. The number of hydrogen-bond acceptors (Lipinski definition) is 3. The lowest BCUT2D eigenvalue weighted by molar-refractivity contribution is -0.133. The number of carbonyl (C=O) groups is 1. The summed E-state index contributed by atoms with van der Waals surface area (Å²) in [6.07, 6.45) is 2.42. The molecule has 4 nitrogen and oxygen atoms in total. The molecule has 0 aliphatic heterocycles. The lowest BCUT2D eigenvalue weighted by Gasteiger charge is -2.06. The van der Waals surface area contributed by atoms with Gasteiger partial charge in [0.1, 0.15) is 5.82 Å². The van der Waals surface area contributed by atoms with Crippen molar-refractivity contribution < 1.29 is 14.3 Å². The standard InChI is InChI=1S/C13H12ClFN2O2S/c1-2-3-4-17-11-6-9(15)8(14)5-10(11)16-13(17)20-7-12(18)19/h2,5-6H,1,3-4,7H2,(H,18,19). The Morgan fingerprint density at radius 3 is 3.00 bits per heavy atom. The first-order valence-electron chi connectivity index (χ1n) is 5.83.